The van der Waals surface area contributed by atoms with Crippen molar-refractivity contribution in [2.75, 3.05) is 0 Å². The highest BCUT2D eigenvalue weighted by Gasteiger charge is 2.56. The maximum Gasteiger partial charge on any atom is 0.155 e. The number of carbonyl (C=O) groups is 1. The first-order valence-electron chi connectivity index (χ1n) is 7.23. The van der Waals surface area contributed by atoms with E-state index in [-0.39, 0.29) is 11.2 Å². The first kappa shape index (κ1) is 14.6. The molecule has 104 valence electrons. The van der Waals surface area contributed by atoms with Crippen LogP contribution in [0.3, 0.4) is 0 Å². The molecule has 0 spiro atoms. The predicted octanol–water partition coefficient (Wildman–Crippen LogP) is 3.08. The van der Waals surface area contributed by atoms with Crippen LogP contribution in [0.25, 0.3) is 0 Å². The summed E-state index contributed by atoms with van der Waals surface area (Å²) in [5, 5.41) is 11.1. The van der Waals surface area contributed by atoms with E-state index in [2.05, 4.69) is 38.0 Å². The van der Waals surface area contributed by atoms with Gasteiger partial charge in [0.05, 0.1) is 0 Å². The van der Waals surface area contributed by atoms with Crippen molar-refractivity contribution < 1.29 is 9.90 Å². The fourth-order valence-corrected chi connectivity index (χ4v) is 3.99. The Balaban J connectivity index is 2.45. The number of fused-ring (bicyclic) bond motifs is 1. The van der Waals surface area contributed by atoms with Crippen LogP contribution in [0.5, 0.6) is 0 Å². The van der Waals surface area contributed by atoms with Gasteiger partial charge in [-0.3, -0.25) is 4.79 Å². The second-order valence-electron chi connectivity index (χ2n) is 6.93. The van der Waals surface area contributed by atoms with Crippen molar-refractivity contribution in [2.24, 2.45) is 5.41 Å². The molecule has 3 heteroatoms. The minimum Gasteiger partial charge on any atom is -0.377 e. The van der Waals surface area contributed by atoms with Crippen molar-refractivity contribution in [1.82, 2.24) is 0 Å². The van der Waals surface area contributed by atoms with Gasteiger partial charge < -0.3 is 5.11 Å². The van der Waals surface area contributed by atoms with Gasteiger partial charge in [0.25, 0.3) is 0 Å². The van der Waals surface area contributed by atoms with Gasteiger partial charge in [-0.05, 0) is 31.8 Å². The molecule has 0 amide bonds. The summed E-state index contributed by atoms with van der Waals surface area (Å²) in [5.41, 5.74) is 3.28. The lowest BCUT2D eigenvalue weighted by atomic mass is 9.65. The van der Waals surface area contributed by atoms with Crippen LogP contribution in [-0.4, -0.2) is 24.6 Å². The van der Waals surface area contributed by atoms with Crippen LogP contribution in [0.2, 0.25) is 19.6 Å². The van der Waals surface area contributed by atoms with Crippen molar-refractivity contribution in [2.45, 2.75) is 64.3 Å². The molecule has 0 aromatic carbocycles. The Bertz CT molecular complexity index is 489. The minimum atomic E-state index is -1.50. The average molecular weight is 276 g/mol. The van der Waals surface area contributed by atoms with E-state index in [0.717, 1.165) is 24.8 Å². The Morgan fingerprint density at radius 3 is 2.58 bits per heavy atom. The summed E-state index contributed by atoms with van der Waals surface area (Å²) in [6.07, 6.45) is 5.44. The van der Waals surface area contributed by atoms with E-state index in [1.165, 1.54) is 0 Å². The largest absolute Gasteiger partial charge is 0.377 e. The summed E-state index contributed by atoms with van der Waals surface area (Å²) in [6, 6.07) is 0. The third-order valence-corrected chi connectivity index (χ3v) is 5.42. The Hall–Kier alpha value is -0.853. The molecule has 0 unspecified atom stereocenters. The Labute approximate surface area is 117 Å². The van der Waals surface area contributed by atoms with Crippen LogP contribution >= 0.6 is 0 Å². The minimum absolute atomic E-state index is 0.210. The molecule has 0 aliphatic heterocycles. The van der Waals surface area contributed by atoms with E-state index in [4.69, 9.17) is 0 Å². The fourth-order valence-electron chi connectivity index (χ4n) is 3.41. The molecular formula is C16H24O2Si. The SMILES string of the molecule is CC[C@]12CCC(=O)C=C1CC[C@@]2(O)C#C[Si](C)(C)C. The van der Waals surface area contributed by atoms with Crippen molar-refractivity contribution in [3.63, 3.8) is 0 Å². The van der Waals surface area contributed by atoms with Gasteiger partial charge in [0.15, 0.2) is 5.78 Å². The van der Waals surface area contributed by atoms with Crippen LogP contribution in [-0.2, 0) is 4.79 Å². The third-order valence-electron chi connectivity index (χ3n) is 4.54. The lowest BCUT2D eigenvalue weighted by Gasteiger charge is -2.41. The first-order valence-corrected chi connectivity index (χ1v) is 10.7. The van der Waals surface area contributed by atoms with Crippen molar-refractivity contribution in [3.05, 3.63) is 11.6 Å². The lowest BCUT2D eigenvalue weighted by molar-refractivity contribution is -0.116. The zero-order valence-electron chi connectivity index (χ0n) is 12.5. The normalized spacial score (nSPS) is 34.4. The average Bonchev–Trinajstić information content (AvgIpc) is 2.61. The van der Waals surface area contributed by atoms with Gasteiger partial charge >= 0.3 is 0 Å². The number of allylic oxidation sites excluding steroid dienone is 1. The smallest absolute Gasteiger partial charge is 0.155 e. The fraction of sp³-hybridized carbons (Fsp3) is 0.688. The van der Waals surface area contributed by atoms with Crippen LogP contribution in [0.15, 0.2) is 11.6 Å². The van der Waals surface area contributed by atoms with Gasteiger partial charge in [-0.15, -0.1) is 5.54 Å². The van der Waals surface area contributed by atoms with Gasteiger partial charge in [-0.1, -0.05) is 38.1 Å². The van der Waals surface area contributed by atoms with Gasteiger partial charge in [-0.2, -0.15) is 0 Å². The summed E-state index contributed by atoms with van der Waals surface area (Å²) in [6.45, 7) is 8.68. The zero-order chi connectivity index (χ0) is 14.3. The molecule has 19 heavy (non-hydrogen) atoms. The van der Waals surface area contributed by atoms with Crippen molar-refractivity contribution >= 4 is 13.9 Å². The molecule has 0 radical (unpaired) electrons. The van der Waals surface area contributed by atoms with Gasteiger partial charge in [0, 0.05) is 11.8 Å². The third kappa shape index (κ3) is 2.44. The molecule has 1 saturated carbocycles. The molecule has 0 bridgehead atoms. The molecule has 0 heterocycles. The van der Waals surface area contributed by atoms with Crippen molar-refractivity contribution in [1.29, 1.82) is 0 Å². The van der Waals surface area contributed by atoms with E-state index in [9.17, 15) is 9.90 Å². The summed E-state index contributed by atoms with van der Waals surface area (Å²) < 4.78 is 0. The summed E-state index contributed by atoms with van der Waals surface area (Å²) in [7, 11) is -1.50. The van der Waals surface area contributed by atoms with Crippen molar-refractivity contribution in [3.8, 4) is 11.5 Å². The second kappa shape index (κ2) is 4.61. The molecule has 2 rings (SSSR count). The summed E-state index contributed by atoms with van der Waals surface area (Å²) in [5.74, 6) is 3.43. The number of carbonyl (C=O) groups excluding carboxylic acids is 1. The van der Waals surface area contributed by atoms with E-state index in [1.807, 2.05) is 0 Å². The standard InChI is InChI=1S/C16H24O2Si/c1-5-15-8-7-14(17)12-13(15)6-9-16(15,18)10-11-19(2,3)4/h12,18H,5-9H2,1-4H3/t15-,16+/m0/s1. The summed E-state index contributed by atoms with van der Waals surface area (Å²) >= 11 is 0. The van der Waals surface area contributed by atoms with Crippen LogP contribution in [0.4, 0.5) is 0 Å². The first-order chi connectivity index (χ1) is 8.72. The highest BCUT2D eigenvalue weighted by atomic mass is 28.3. The maximum atomic E-state index is 11.6. The van der Waals surface area contributed by atoms with E-state index >= 15 is 0 Å². The zero-order valence-corrected chi connectivity index (χ0v) is 13.5. The van der Waals surface area contributed by atoms with Crippen LogP contribution in [0.1, 0.15) is 39.0 Å². The monoisotopic (exact) mass is 276 g/mol. The molecular weight excluding hydrogens is 252 g/mol. The molecule has 0 aromatic heterocycles. The van der Waals surface area contributed by atoms with E-state index in [0.29, 0.717) is 12.8 Å². The molecule has 1 fully saturated rings. The number of rotatable bonds is 1. The van der Waals surface area contributed by atoms with E-state index < -0.39 is 13.7 Å². The Kier molecular flexibility index (Phi) is 3.53. The highest BCUT2D eigenvalue weighted by molar-refractivity contribution is 6.83. The number of hydrogen-bond donors (Lipinski definition) is 1. The second-order valence-corrected chi connectivity index (χ2v) is 11.7. The number of ketones is 1. The topological polar surface area (TPSA) is 37.3 Å². The number of hydrogen-bond acceptors (Lipinski definition) is 2. The molecule has 2 nitrogen and oxygen atoms in total. The lowest BCUT2D eigenvalue weighted by Crippen LogP contribution is -2.45. The highest BCUT2D eigenvalue weighted by Crippen LogP contribution is 2.56. The quantitative estimate of drug-likeness (QED) is 0.590. The maximum absolute atomic E-state index is 11.6. The number of aliphatic hydroxyl groups is 1. The Morgan fingerprint density at radius 2 is 2.00 bits per heavy atom. The van der Waals surface area contributed by atoms with Crippen LogP contribution < -0.4 is 0 Å². The molecule has 1 N–H and O–H groups in total. The molecule has 2 aliphatic carbocycles. The predicted molar refractivity (Wildman–Crippen MR) is 80.4 cm³/mol. The molecule has 0 saturated heterocycles. The summed E-state index contributed by atoms with van der Waals surface area (Å²) in [4.78, 5) is 11.6. The molecule has 0 aromatic rings. The molecule has 2 atom stereocenters. The van der Waals surface area contributed by atoms with Crippen LogP contribution in [0, 0.1) is 16.9 Å². The Morgan fingerprint density at radius 1 is 1.32 bits per heavy atom. The van der Waals surface area contributed by atoms with Gasteiger partial charge in [-0.25, -0.2) is 0 Å². The van der Waals surface area contributed by atoms with Gasteiger partial charge in [0.1, 0.15) is 13.7 Å². The molecule has 2 aliphatic rings. The van der Waals surface area contributed by atoms with E-state index in [1.54, 1.807) is 6.08 Å². The van der Waals surface area contributed by atoms with Gasteiger partial charge in [0.2, 0.25) is 0 Å².